The van der Waals surface area contributed by atoms with E-state index in [9.17, 15) is 0 Å². The quantitative estimate of drug-likeness (QED) is 0.564. The molecule has 0 amide bonds. The number of aromatic nitrogens is 2. The van der Waals surface area contributed by atoms with E-state index in [-0.39, 0.29) is 0 Å². The third-order valence-electron chi connectivity index (χ3n) is 4.05. The number of rotatable bonds is 6. The molecule has 3 heteroatoms. The molecule has 3 nitrogen and oxygen atoms in total. The number of aryl methyl sites for hydroxylation is 1. The first-order valence-electron chi connectivity index (χ1n) is 8.28. The highest BCUT2D eigenvalue weighted by Gasteiger charge is 2.03. The highest BCUT2D eigenvalue weighted by molar-refractivity contribution is 5.69. The molecular weight excluding hydrogens is 294 g/mol. The third-order valence-corrected chi connectivity index (χ3v) is 4.05. The van der Waals surface area contributed by atoms with Crippen molar-refractivity contribution in [2.75, 3.05) is 0 Å². The van der Waals surface area contributed by atoms with Crippen LogP contribution in [0.15, 0.2) is 65.9 Å². The van der Waals surface area contributed by atoms with Gasteiger partial charge in [0, 0.05) is 18.0 Å². The van der Waals surface area contributed by atoms with Crippen LogP contribution in [0.2, 0.25) is 0 Å². The van der Waals surface area contributed by atoms with Crippen LogP contribution in [0.5, 0.6) is 0 Å². The molecule has 0 atom stereocenters. The van der Waals surface area contributed by atoms with Crippen molar-refractivity contribution in [1.29, 1.82) is 0 Å². The summed E-state index contributed by atoms with van der Waals surface area (Å²) in [5.74, 6) is 0.771. The Balaban J connectivity index is 1.77. The van der Waals surface area contributed by atoms with Crippen molar-refractivity contribution in [3.63, 3.8) is 0 Å². The molecule has 1 aromatic heterocycles. The maximum absolute atomic E-state index is 4.50. The predicted octanol–water partition coefficient (Wildman–Crippen LogP) is 5.49. The van der Waals surface area contributed by atoms with Gasteiger partial charge < -0.3 is 0 Å². The Morgan fingerprint density at radius 3 is 1.92 bits per heavy atom. The van der Waals surface area contributed by atoms with Crippen LogP contribution >= 0.6 is 0 Å². The van der Waals surface area contributed by atoms with Crippen LogP contribution in [0.1, 0.15) is 25.3 Å². The molecule has 0 saturated carbocycles. The SMILES string of the molecule is C=Nc1ccc(-c2ccc(-c3ncc(CCCC)cn3)cc2)cc1. The lowest BCUT2D eigenvalue weighted by atomic mass is 10.0. The van der Waals surface area contributed by atoms with E-state index in [1.54, 1.807) is 0 Å². The molecule has 0 saturated heterocycles. The molecule has 0 fully saturated rings. The topological polar surface area (TPSA) is 38.1 Å². The molecule has 120 valence electrons. The van der Waals surface area contributed by atoms with Gasteiger partial charge in [-0.15, -0.1) is 0 Å². The summed E-state index contributed by atoms with van der Waals surface area (Å²) in [4.78, 5) is 12.9. The van der Waals surface area contributed by atoms with Gasteiger partial charge in [-0.1, -0.05) is 49.7 Å². The van der Waals surface area contributed by atoms with E-state index < -0.39 is 0 Å². The minimum atomic E-state index is 0.771. The van der Waals surface area contributed by atoms with E-state index in [0.29, 0.717) is 0 Å². The number of unbranched alkanes of at least 4 members (excludes halogenated alkanes) is 1. The molecule has 0 unspecified atom stereocenters. The average molecular weight is 315 g/mol. The van der Waals surface area contributed by atoms with Gasteiger partial charge in [0.2, 0.25) is 0 Å². The summed E-state index contributed by atoms with van der Waals surface area (Å²) in [7, 11) is 0. The first-order valence-corrected chi connectivity index (χ1v) is 8.28. The smallest absolute Gasteiger partial charge is 0.159 e. The van der Waals surface area contributed by atoms with Gasteiger partial charge in [0.15, 0.2) is 5.82 Å². The van der Waals surface area contributed by atoms with Gasteiger partial charge in [0.05, 0.1) is 5.69 Å². The van der Waals surface area contributed by atoms with E-state index in [2.05, 4.69) is 65.0 Å². The summed E-state index contributed by atoms with van der Waals surface area (Å²) < 4.78 is 0. The van der Waals surface area contributed by atoms with Crippen molar-refractivity contribution in [2.45, 2.75) is 26.2 Å². The normalized spacial score (nSPS) is 10.5. The number of nitrogens with zero attached hydrogens (tertiary/aromatic N) is 3. The Morgan fingerprint density at radius 1 is 0.833 bits per heavy atom. The van der Waals surface area contributed by atoms with Gasteiger partial charge in [-0.05, 0) is 48.4 Å². The standard InChI is InChI=1S/C21H21N3/c1-3-4-5-16-14-23-21(24-15-16)19-8-6-17(7-9-19)18-10-12-20(22-2)13-11-18/h6-15H,2-5H2,1H3. The fourth-order valence-corrected chi connectivity index (χ4v) is 2.58. The summed E-state index contributed by atoms with van der Waals surface area (Å²) in [5, 5.41) is 0. The van der Waals surface area contributed by atoms with Crippen molar-refractivity contribution in [1.82, 2.24) is 9.97 Å². The Kier molecular flexibility index (Phi) is 5.12. The van der Waals surface area contributed by atoms with Crippen LogP contribution in [0.3, 0.4) is 0 Å². The van der Waals surface area contributed by atoms with Crippen molar-refractivity contribution >= 4 is 12.4 Å². The van der Waals surface area contributed by atoms with Gasteiger partial charge in [0.1, 0.15) is 0 Å². The molecule has 0 aliphatic rings. The van der Waals surface area contributed by atoms with Crippen LogP contribution in [0, 0.1) is 0 Å². The molecule has 3 aromatic rings. The second-order valence-corrected chi connectivity index (χ2v) is 5.80. The van der Waals surface area contributed by atoms with E-state index >= 15 is 0 Å². The third kappa shape index (κ3) is 3.74. The molecule has 1 heterocycles. The highest BCUT2D eigenvalue weighted by Crippen LogP contribution is 2.25. The van der Waals surface area contributed by atoms with Gasteiger partial charge >= 0.3 is 0 Å². The summed E-state index contributed by atoms with van der Waals surface area (Å²) in [6.07, 6.45) is 7.29. The van der Waals surface area contributed by atoms with Crippen LogP contribution in [0.25, 0.3) is 22.5 Å². The zero-order valence-corrected chi connectivity index (χ0v) is 13.9. The minimum absolute atomic E-state index is 0.771. The number of benzene rings is 2. The second-order valence-electron chi connectivity index (χ2n) is 5.80. The summed E-state index contributed by atoms with van der Waals surface area (Å²) >= 11 is 0. The summed E-state index contributed by atoms with van der Waals surface area (Å²) in [6, 6.07) is 16.4. The van der Waals surface area contributed by atoms with Crippen LogP contribution in [-0.2, 0) is 6.42 Å². The monoisotopic (exact) mass is 315 g/mol. The maximum atomic E-state index is 4.50. The van der Waals surface area contributed by atoms with Crippen molar-refractivity contribution in [2.24, 2.45) is 4.99 Å². The van der Waals surface area contributed by atoms with Gasteiger partial charge in [-0.2, -0.15) is 0 Å². The fourth-order valence-electron chi connectivity index (χ4n) is 2.58. The zero-order chi connectivity index (χ0) is 16.8. The lowest BCUT2D eigenvalue weighted by Crippen LogP contribution is -1.92. The van der Waals surface area contributed by atoms with Crippen LogP contribution in [-0.4, -0.2) is 16.7 Å². The highest BCUT2D eigenvalue weighted by atomic mass is 14.9. The van der Waals surface area contributed by atoms with Gasteiger partial charge in [0.25, 0.3) is 0 Å². The first kappa shape index (κ1) is 16.1. The summed E-state index contributed by atoms with van der Waals surface area (Å²) in [6.45, 7) is 5.73. The number of hydrogen-bond donors (Lipinski definition) is 0. The van der Waals surface area contributed by atoms with Crippen molar-refractivity contribution < 1.29 is 0 Å². The average Bonchev–Trinajstić information content (AvgIpc) is 2.67. The Hall–Kier alpha value is -2.81. The van der Waals surface area contributed by atoms with E-state index in [4.69, 9.17) is 0 Å². The van der Waals surface area contributed by atoms with E-state index in [1.807, 2.05) is 24.5 Å². The Morgan fingerprint density at radius 2 is 1.38 bits per heavy atom. The largest absolute Gasteiger partial charge is 0.265 e. The Labute approximate surface area is 143 Å². The lowest BCUT2D eigenvalue weighted by molar-refractivity contribution is 0.788. The molecule has 2 aromatic carbocycles. The minimum Gasteiger partial charge on any atom is -0.265 e. The zero-order valence-electron chi connectivity index (χ0n) is 13.9. The molecule has 0 bridgehead atoms. The fraction of sp³-hybridized carbons (Fsp3) is 0.190. The molecule has 0 aliphatic carbocycles. The van der Waals surface area contributed by atoms with Crippen LogP contribution in [0.4, 0.5) is 5.69 Å². The van der Waals surface area contributed by atoms with Crippen molar-refractivity contribution in [3.05, 3.63) is 66.5 Å². The van der Waals surface area contributed by atoms with Crippen LogP contribution < -0.4 is 0 Å². The first-order chi connectivity index (χ1) is 11.8. The molecule has 0 radical (unpaired) electrons. The number of hydrogen-bond acceptors (Lipinski definition) is 3. The molecule has 0 N–H and O–H groups in total. The van der Waals surface area contributed by atoms with Gasteiger partial charge in [-0.3, -0.25) is 4.99 Å². The summed E-state index contributed by atoms with van der Waals surface area (Å²) in [5.41, 5.74) is 5.43. The molecule has 3 rings (SSSR count). The Bertz CT molecular complexity index is 788. The van der Waals surface area contributed by atoms with E-state index in [1.165, 1.54) is 18.4 Å². The molecule has 24 heavy (non-hydrogen) atoms. The van der Waals surface area contributed by atoms with E-state index in [0.717, 1.165) is 34.6 Å². The predicted molar refractivity (Wildman–Crippen MR) is 101 cm³/mol. The maximum Gasteiger partial charge on any atom is 0.159 e. The second kappa shape index (κ2) is 7.64. The van der Waals surface area contributed by atoms with Gasteiger partial charge in [-0.25, -0.2) is 9.97 Å². The molecule has 0 spiro atoms. The lowest BCUT2D eigenvalue weighted by Gasteiger charge is -2.05. The number of aliphatic imine (C=N–C) groups is 1. The molecule has 0 aliphatic heterocycles. The van der Waals surface area contributed by atoms with Crippen molar-refractivity contribution in [3.8, 4) is 22.5 Å². The molecular formula is C21H21N3.